The lowest BCUT2D eigenvalue weighted by molar-refractivity contribution is -0.117. The van der Waals surface area contributed by atoms with Crippen LogP contribution in [0.2, 0.25) is 5.02 Å². The van der Waals surface area contributed by atoms with E-state index in [1.165, 1.54) is 18.7 Å². The molecular weight excluding hydrogens is 286 g/mol. The predicted molar refractivity (Wildman–Crippen MR) is 76.4 cm³/mol. The van der Waals surface area contributed by atoms with Gasteiger partial charge in [-0.2, -0.15) is 0 Å². The molecule has 1 atom stereocenters. The Labute approximate surface area is 120 Å². The second kappa shape index (κ2) is 5.94. The number of hydrogen-bond donors (Lipinski definition) is 1. The molecule has 0 bridgehead atoms. The first-order valence-electron chi connectivity index (χ1n) is 5.88. The van der Waals surface area contributed by atoms with Gasteiger partial charge >= 0.3 is 0 Å². The van der Waals surface area contributed by atoms with Crippen LogP contribution < -0.4 is 4.90 Å². The fourth-order valence-electron chi connectivity index (χ4n) is 2.19. The van der Waals surface area contributed by atoms with Crippen molar-refractivity contribution in [2.75, 3.05) is 11.4 Å². The van der Waals surface area contributed by atoms with E-state index in [-0.39, 0.29) is 22.9 Å². The minimum atomic E-state index is -0.176. The Morgan fingerprint density at radius 2 is 2.32 bits per heavy atom. The average molecular weight is 300 g/mol. The normalized spacial score (nSPS) is 19.0. The van der Waals surface area contributed by atoms with Crippen LogP contribution in [0.4, 0.5) is 5.69 Å². The van der Waals surface area contributed by atoms with E-state index in [2.05, 4.69) is 0 Å². The smallest absolute Gasteiger partial charge is 0.228 e. The number of halogens is 1. The summed E-state index contributed by atoms with van der Waals surface area (Å²) in [6.07, 6.45) is 0.320. The first kappa shape index (κ1) is 14.4. The number of thioether (sulfide) groups is 1. The van der Waals surface area contributed by atoms with Crippen LogP contribution >= 0.6 is 23.4 Å². The van der Waals surface area contributed by atoms with E-state index in [9.17, 15) is 14.7 Å². The van der Waals surface area contributed by atoms with Gasteiger partial charge in [0, 0.05) is 30.7 Å². The van der Waals surface area contributed by atoms with Gasteiger partial charge < -0.3 is 10.0 Å². The molecule has 2 rings (SSSR count). The van der Waals surface area contributed by atoms with Crippen LogP contribution in [0.1, 0.15) is 18.9 Å². The molecule has 6 heteroatoms. The highest BCUT2D eigenvalue weighted by molar-refractivity contribution is 8.14. The van der Waals surface area contributed by atoms with Gasteiger partial charge in [-0.05, 0) is 6.07 Å². The molecular formula is C13H14ClNO3S. The number of benzene rings is 1. The molecule has 0 radical (unpaired) electrons. The van der Waals surface area contributed by atoms with Crippen LogP contribution in [-0.4, -0.2) is 27.9 Å². The molecule has 4 nitrogen and oxygen atoms in total. The Hall–Kier alpha value is -1.04. The second-order valence-electron chi connectivity index (χ2n) is 4.35. The lowest BCUT2D eigenvalue weighted by Gasteiger charge is -2.21. The fraction of sp³-hybridized carbons (Fsp3) is 0.385. The van der Waals surface area contributed by atoms with Crippen molar-refractivity contribution in [2.45, 2.75) is 25.2 Å². The average Bonchev–Trinajstić information content (AvgIpc) is 2.68. The lowest BCUT2D eigenvalue weighted by Crippen LogP contribution is -2.26. The maximum absolute atomic E-state index is 12.0. The van der Waals surface area contributed by atoms with E-state index >= 15 is 0 Å². The number of hydrogen-bond acceptors (Lipinski definition) is 4. The van der Waals surface area contributed by atoms with Crippen molar-refractivity contribution < 1.29 is 14.7 Å². The largest absolute Gasteiger partial charge is 0.392 e. The molecule has 1 N–H and O–H groups in total. The first-order chi connectivity index (χ1) is 9.02. The fourth-order valence-corrected chi connectivity index (χ4v) is 3.41. The second-order valence-corrected chi connectivity index (χ2v) is 6.23. The Balaban J connectivity index is 2.28. The zero-order chi connectivity index (χ0) is 14.0. The van der Waals surface area contributed by atoms with Crippen molar-refractivity contribution in [3.63, 3.8) is 0 Å². The number of rotatable bonds is 3. The highest BCUT2D eigenvalue weighted by Crippen LogP contribution is 2.35. The van der Waals surface area contributed by atoms with Gasteiger partial charge in [0.15, 0.2) is 5.12 Å². The molecule has 1 aliphatic heterocycles. The zero-order valence-electron chi connectivity index (χ0n) is 10.4. The molecule has 1 aliphatic rings. The highest BCUT2D eigenvalue weighted by atomic mass is 35.5. The van der Waals surface area contributed by atoms with Crippen LogP contribution in [0.25, 0.3) is 0 Å². The molecule has 1 saturated heterocycles. The molecule has 1 heterocycles. The topological polar surface area (TPSA) is 57.6 Å². The number of carbonyl (C=O) groups is 2. The molecule has 1 unspecified atom stereocenters. The predicted octanol–water partition coefficient (Wildman–Crippen LogP) is 2.22. The summed E-state index contributed by atoms with van der Waals surface area (Å²) in [5.41, 5.74) is 1.18. The van der Waals surface area contributed by atoms with Crippen LogP contribution in [0.3, 0.4) is 0 Å². The number of carbonyl (C=O) groups excluding carboxylic acids is 2. The Bertz CT molecular complexity index is 521. The summed E-state index contributed by atoms with van der Waals surface area (Å²) in [4.78, 5) is 24.7. The number of para-hydroxylation sites is 1. The summed E-state index contributed by atoms with van der Waals surface area (Å²) in [7, 11) is 0. The third kappa shape index (κ3) is 3.11. The van der Waals surface area contributed by atoms with Gasteiger partial charge in [-0.1, -0.05) is 35.5 Å². The van der Waals surface area contributed by atoms with Crippen molar-refractivity contribution in [2.24, 2.45) is 0 Å². The standard InChI is InChI=1S/C13H14ClNO3S/c1-8(17)19-10-5-12(18)15(6-10)13-9(7-16)3-2-4-11(13)14/h2-4,10,16H,5-7H2,1H3. The van der Waals surface area contributed by atoms with Gasteiger partial charge in [-0.15, -0.1) is 0 Å². The Morgan fingerprint density at radius 1 is 1.58 bits per heavy atom. The number of nitrogens with zero attached hydrogens (tertiary/aromatic N) is 1. The number of aliphatic hydroxyl groups is 1. The number of amides is 1. The van der Waals surface area contributed by atoms with Gasteiger partial charge in [0.1, 0.15) is 0 Å². The van der Waals surface area contributed by atoms with Gasteiger partial charge in [0.05, 0.1) is 17.3 Å². The first-order valence-corrected chi connectivity index (χ1v) is 7.14. The monoisotopic (exact) mass is 299 g/mol. The summed E-state index contributed by atoms with van der Waals surface area (Å²) in [5, 5.41) is 9.74. The molecule has 1 aromatic carbocycles. The maximum atomic E-state index is 12.0. The lowest BCUT2D eigenvalue weighted by atomic mass is 10.1. The molecule has 0 spiro atoms. The van der Waals surface area contributed by atoms with Gasteiger partial charge in [-0.25, -0.2) is 0 Å². The van der Waals surface area contributed by atoms with Gasteiger partial charge in [0.25, 0.3) is 0 Å². The number of anilines is 1. The summed E-state index contributed by atoms with van der Waals surface area (Å²) in [5.74, 6) is -0.0680. The molecule has 1 amide bonds. The molecule has 0 aliphatic carbocycles. The molecule has 1 fully saturated rings. The molecule has 0 aromatic heterocycles. The molecule has 102 valence electrons. The van der Waals surface area contributed by atoms with Crippen molar-refractivity contribution in [1.82, 2.24) is 0 Å². The van der Waals surface area contributed by atoms with Crippen LogP contribution in [0.5, 0.6) is 0 Å². The SMILES string of the molecule is CC(=O)SC1CC(=O)N(c2c(Cl)cccc2CO)C1. The number of aliphatic hydroxyl groups excluding tert-OH is 1. The zero-order valence-corrected chi connectivity index (χ0v) is 12.0. The third-order valence-corrected chi connectivity index (χ3v) is 4.22. The third-order valence-electron chi connectivity index (χ3n) is 2.93. The van der Waals surface area contributed by atoms with Gasteiger partial charge in [0.2, 0.25) is 5.91 Å². The molecule has 0 saturated carbocycles. The van der Waals surface area contributed by atoms with Crippen molar-refractivity contribution in [3.05, 3.63) is 28.8 Å². The van der Waals surface area contributed by atoms with Gasteiger partial charge in [-0.3, -0.25) is 9.59 Å². The Kier molecular flexibility index (Phi) is 4.50. The maximum Gasteiger partial charge on any atom is 0.228 e. The van der Waals surface area contributed by atoms with Crippen LogP contribution in [0, 0.1) is 0 Å². The van der Waals surface area contributed by atoms with Crippen molar-refractivity contribution in [3.8, 4) is 0 Å². The van der Waals surface area contributed by atoms with E-state index < -0.39 is 0 Å². The molecule has 1 aromatic rings. The summed E-state index contributed by atoms with van der Waals surface area (Å²) < 4.78 is 0. The highest BCUT2D eigenvalue weighted by Gasteiger charge is 2.33. The summed E-state index contributed by atoms with van der Waals surface area (Å²) in [6.45, 7) is 1.76. The van der Waals surface area contributed by atoms with E-state index in [0.717, 1.165) is 0 Å². The van der Waals surface area contributed by atoms with E-state index in [1.54, 1.807) is 23.1 Å². The summed E-state index contributed by atoms with van der Waals surface area (Å²) >= 11 is 7.30. The quantitative estimate of drug-likeness (QED) is 0.930. The minimum absolute atomic E-state index is 0.00110. The van der Waals surface area contributed by atoms with E-state index in [1.807, 2.05) is 0 Å². The Morgan fingerprint density at radius 3 is 2.95 bits per heavy atom. The molecule has 19 heavy (non-hydrogen) atoms. The minimum Gasteiger partial charge on any atom is -0.392 e. The van der Waals surface area contributed by atoms with Crippen molar-refractivity contribution in [1.29, 1.82) is 0 Å². The van der Waals surface area contributed by atoms with E-state index in [4.69, 9.17) is 11.6 Å². The van der Waals surface area contributed by atoms with E-state index in [0.29, 0.717) is 29.2 Å². The van der Waals surface area contributed by atoms with Crippen LogP contribution in [-0.2, 0) is 16.2 Å². The van der Waals surface area contributed by atoms with Crippen molar-refractivity contribution >= 4 is 40.1 Å². The van der Waals surface area contributed by atoms with Crippen LogP contribution in [0.15, 0.2) is 18.2 Å². The summed E-state index contributed by atoms with van der Waals surface area (Å²) in [6, 6.07) is 5.16.